The molecule has 2 fully saturated rings. The molecule has 0 bridgehead atoms. The second-order valence-electron chi connectivity index (χ2n) is 5.35. The van der Waals surface area contributed by atoms with Gasteiger partial charge in [0.15, 0.2) is 0 Å². The average molecular weight is 170 g/mol. The molecule has 2 aliphatic rings. The van der Waals surface area contributed by atoms with Gasteiger partial charge in [-0.05, 0) is 37.0 Å². The molecule has 12 heavy (non-hydrogen) atoms. The van der Waals surface area contributed by atoms with Crippen molar-refractivity contribution in [2.24, 2.45) is 17.3 Å². The monoisotopic (exact) mass is 170 g/mol. The van der Waals surface area contributed by atoms with E-state index in [1.54, 1.807) is 6.92 Å². The number of hydrogen-bond acceptors (Lipinski definition) is 2. The molecule has 0 aromatic carbocycles. The van der Waals surface area contributed by atoms with Crippen molar-refractivity contribution in [1.82, 2.24) is 0 Å². The third-order valence-electron chi connectivity index (χ3n) is 4.12. The van der Waals surface area contributed by atoms with Crippen molar-refractivity contribution in [2.45, 2.75) is 45.3 Å². The zero-order chi connectivity index (χ0) is 9.15. The van der Waals surface area contributed by atoms with E-state index in [4.69, 9.17) is 0 Å². The Hall–Kier alpha value is -0.0800. The summed E-state index contributed by atoms with van der Waals surface area (Å²) in [4.78, 5) is 0. The first kappa shape index (κ1) is 8.52. The smallest absolute Gasteiger partial charge is 0.0880 e. The molecule has 0 aromatic rings. The summed E-state index contributed by atoms with van der Waals surface area (Å²) < 4.78 is 0. The lowest BCUT2D eigenvalue weighted by Gasteiger charge is -2.32. The molecule has 2 rings (SSSR count). The Morgan fingerprint density at radius 1 is 1.17 bits per heavy atom. The van der Waals surface area contributed by atoms with E-state index >= 15 is 0 Å². The molecular weight excluding hydrogens is 152 g/mol. The van der Waals surface area contributed by atoms with Crippen LogP contribution >= 0.6 is 0 Å². The summed E-state index contributed by atoms with van der Waals surface area (Å²) in [5, 5.41) is 19.4. The summed E-state index contributed by atoms with van der Waals surface area (Å²) in [6.07, 6.45) is 1.04. The lowest BCUT2D eigenvalue weighted by Crippen LogP contribution is -2.42. The van der Waals surface area contributed by atoms with Crippen LogP contribution in [0.1, 0.15) is 33.6 Å². The first-order chi connectivity index (χ1) is 5.36. The van der Waals surface area contributed by atoms with Crippen molar-refractivity contribution >= 4 is 0 Å². The van der Waals surface area contributed by atoms with Gasteiger partial charge in [0.25, 0.3) is 0 Å². The predicted octanol–water partition coefficient (Wildman–Crippen LogP) is 1.16. The molecule has 0 unspecified atom stereocenters. The maximum Gasteiger partial charge on any atom is 0.0880 e. The SMILES string of the molecule is CC1(C)[C@@H]2C[C@@H](O)[C@@](C)(O)C[C@@H]21. The molecule has 0 heterocycles. The van der Waals surface area contributed by atoms with E-state index in [9.17, 15) is 10.2 Å². The van der Waals surface area contributed by atoms with Crippen LogP contribution in [0.3, 0.4) is 0 Å². The van der Waals surface area contributed by atoms with Gasteiger partial charge in [-0.3, -0.25) is 0 Å². The highest BCUT2D eigenvalue weighted by Gasteiger charge is 2.63. The van der Waals surface area contributed by atoms with Gasteiger partial charge < -0.3 is 10.2 Å². The Kier molecular flexibility index (Phi) is 1.45. The van der Waals surface area contributed by atoms with Gasteiger partial charge >= 0.3 is 0 Å². The molecule has 0 saturated heterocycles. The molecule has 0 amide bonds. The third-order valence-corrected chi connectivity index (χ3v) is 4.12. The van der Waals surface area contributed by atoms with Crippen LogP contribution in [0.15, 0.2) is 0 Å². The normalized spacial score (nSPS) is 56.2. The van der Waals surface area contributed by atoms with Crippen LogP contribution in [-0.2, 0) is 0 Å². The molecular formula is C10H18O2. The fourth-order valence-electron chi connectivity index (χ4n) is 2.81. The van der Waals surface area contributed by atoms with Gasteiger partial charge in [0.05, 0.1) is 11.7 Å². The molecule has 0 aromatic heterocycles. The van der Waals surface area contributed by atoms with E-state index in [2.05, 4.69) is 13.8 Å². The number of aliphatic hydroxyl groups excluding tert-OH is 1. The number of fused-ring (bicyclic) bond motifs is 1. The Morgan fingerprint density at radius 3 is 2.25 bits per heavy atom. The van der Waals surface area contributed by atoms with Crippen LogP contribution in [-0.4, -0.2) is 21.9 Å². The highest BCUT2D eigenvalue weighted by atomic mass is 16.3. The van der Waals surface area contributed by atoms with Crippen LogP contribution in [0.4, 0.5) is 0 Å². The van der Waals surface area contributed by atoms with E-state index < -0.39 is 11.7 Å². The Morgan fingerprint density at radius 2 is 1.75 bits per heavy atom. The molecule has 2 aliphatic carbocycles. The second kappa shape index (κ2) is 2.05. The van der Waals surface area contributed by atoms with Crippen LogP contribution in [0.5, 0.6) is 0 Å². The summed E-state index contributed by atoms with van der Waals surface area (Å²) in [6, 6.07) is 0. The molecule has 0 spiro atoms. The summed E-state index contributed by atoms with van der Waals surface area (Å²) in [5.41, 5.74) is -0.476. The van der Waals surface area contributed by atoms with Crippen LogP contribution in [0, 0.1) is 17.3 Å². The van der Waals surface area contributed by atoms with Crippen LogP contribution in [0.25, 0.3) is 0 Å². The Balaban J connectivity index is 2.14. The Bertz CT molecular complexity index is 208. The molecule has 4 atom stereocenters. The fourth-order valence-corrected chi connectivity index (χ4v) is 2.81. The molecule has 0 aliphatic heterocycles. The lowest BCUT2D eigenvalue weighted by atomic mass is 9.84. The van der Waals surface area contributed by atoms with Crippen molar-refractivity contribution in [3.8, 4) is 0 Å². The minimum atomic E-state index is -0.838. The standard InChI is InChI=1S/C10H18O2/c1-9(2)6-4-8(11)10(3,12)5-7(6)9/h6-8,11-12H,4-5H2,1-3H3/t6-,7+,8-,10+/m1/s1. The number of hydrogen-bond donors (Lipinski definition) is 2. The summed E-state index contributed by atoms with van der Waals surface area (Å²) in [6.45, 7) is 6.22. The molecule has 0 radical (unpaired) electrons. The van der Waals surface area contributed by atoms with Crippen LogP contribution < -0.4 is 0 Å². The first-order valence-corrected chi connectivity index (χ1v) is 4.76. The maximum atomic E-state index is 9.82. The predicted molar refractivity (Wildman–Crippen MR) is 46.6 cm³/mol. The quantitative estimate of drug-likeness (QED) is 0.573. The highest BCUT2D eigenvalue weighted by Crippen LogP contribution is 2.66. The van der Waals surface area contributed by atoms with Crippen molar-refractivity contribution in [1.29, 1.82) is 0 Å². The van der Waals surface area contributed by atoms with Gasteiger partial charge in [-0.2, -0.15) is 0 Å². The molecule has 2 nitrogen and oxygen atoms in total. The van der Waals surface area contributed by atoms with Gasteiger partial charge in [0.1, 0.15) is 0 Å². The second-order valence-corrected chi connectivity index (χ2v) is 5.35. The van der Waals surface area contributed by atoms with E-state index in [-0.39, 0.29) is 0 Å². The van der Waals surface area contributed by atoms with Crippen molar-refractivity contribution in [3.63, 3.8) is 0 Å². The van der Waals surface area contributed by atoms with E-state index in [1.165, 1.54) is 0 Å². The first-order valence-electron chi connectivity index (χ1n) is 4.76. The van der Waals surface area contributed by atoms with E-state index in [0.29, 0.717) is 17.3 Å². The third kappa shape index (κ3) is 0.944. The molecule has 2 saturated carbocycles. The van der Waals surface area contributed by atoms with Crippen molar-refractivity contribution in [2.75, 3.05) is 0 Å². The zero-order valence-corrected chi connectivity index (χ0v) is 8.04. The molecule has 2 heteroatoms. The maximum absolute atomic E-state index is 9.82. The van der Waals surface area contributed by atoms with Gasteiger partial charge in [-0.1, -0.05) is 13.8 Å². The van der Waals surface area contributed by atoms with Gasteiger partial charge in [-0.15, -0.1) is 0 Å². The Labute approximate surface area is 73.6 Å². The van der Waals surface area contributed by atoms with Gasteiger partial charge in [-0.25, -0.2) is 0 Å². The van der Waals surface area contributed by atoms with Crippen LogP contribution in [0.2, 0.25) is 0 Å². The summed E-state index contributed by atoms with van der Waals surface area (Å²) >= 11 is 0. The minimum absolute atomic E-state index is 0.363. The number of rotatable bonds is 0. The number of aliphatic hydroxyl groups is 2. The molecule has 70 valence electrons. The van der Waals surface area contributed by atoms with Gasteiger partial charge in [0.2, 0.25) is 0 Å². The van der Waals surface area contributed by atoms with E-state index in [1.807, 2.05) is 0 Å². The minimum Gasteiger partial charge on any atom is -0.390 e. The topological polar surface area (TPSA) is 40.5 Å². The lowest BCUT2D eigenvalue weighted by molar-refractivity contribution is -0.0892. The summed E-state index contributed by atoms with van der Waals surface area (Å²) in [5.74, 6) is 1.28. The largest absolute Gasteiger partial charge is 0.390 e. The van der Waals surface area contributed by atoms with Crippen molar-refractivity contribution in [3.05, 3.63) is 0 Å². The summed E-state index contributed by atoms with van der Waals surface area (Å²) in [7, 11) is 0. The molecule has 2 N–H and O–H groups in total. The van der Waals surface area contributed by atoms with Crippen molar-refractivity contribution < 1.29 is 10.2 Å². The van der Waals surface area contributed by atoms with E-state index in [0.717, 1.165) is 12.8 Å². The zero-order valence-electron chi connectivity index (χ0n) is 8.04. The highest BCUT2D eigenvalue weighted by molar-refractivity contribution is 5.12. The average Bonchev–Trinajstić information content (AvgIpc) is 2.37. The van der Waals surface area contributed by atoms with Gasteiger partial charge in [0, 0.05) is 0 Å². The fraction of sp³-hybridized carbons (Fsp3) is 1.00.